The SMILES string of the molecule is COc1ccc(C2CC(NOCC(C)C)C2)cc1. The van der Waals surface area contributed by atoms with Gasteiger partial charge in [0.1, 0.15) is 5.75 Å². The minimum Gasteiger partial charge on any atom is -0.497 e. The fraction of sp³-hybridized carbons (Fsp3) is 0.600. The molecular weight excluding hydrogens is 226 g/mol. The van der Waals surface area contributed by atoms with E-state index in [1.54, 1.807) is 7.11 Å². The zero-order valence-corrected chi connectivity index (χ0v) is 11.5. The molecule has 3 nitrogen and oxygen atoms in total. The quantitative estimate of drug-likeness (QED) is 0.786. The Bertz CT molecular complexity index is 355. The van der Waals surface area contributed by atoms with Crippen LogP contribution in [0.1, 0.15) is 38.2 Å². The summed E-state index contributed by atoms with van der Waals surface area (Å²) >= 11 is 0. The summed E-state index contributed by atoms with van der Waals surface area (Å²) in [6, 6.07) is 8.90. The van der Waals surface area contributed by atoms with Gasteiger partial charge in [-0.1, -0.05) is 26.0 Å². The summed E-state index contributed by atoms with van der Waals surface area (Å²) < 4.78 is 5.16. The molecule has 1 aromatic rings. The third-order valence-electron chi connectivity index (χ3n) is 3.39. The van der Waals surface area contributed by atoms with Gasteiger partial charge in [-0.25, -0.2) is 0 Å². The summed E-state index contributed by atoms with van der Waals surface area (Å²) in [7, 11) is 1.70. The molecule has 1 saturated carbocycles. The van der Waals surface area contributed by atoms with Gasteiger partial charge in [-0.2, -0.15) is 5.48 Å². The largest absolute Gasteiger partial charge is 0.497 e. The van der Waals surface area contributed by atoms with Crippen LogP contribution in [-0.2, 0) is 4.84 Å². The van der Waals surface area contributed by atoms with Gasteiger partial charge in [0, 0.05) is 6.04 Å². The first-order valence-corrected chi connectivity index (χ1v) is 6.70. The molecular formula is C15H23NO2. The van der Waals surface area contributed by atoms with Gasteiger partial charge < -0.3 is 9.57 Å². The molecule has 1 aliphatic carbocycles. The average Bonchev–Trinajstić information content (AvgIpc) is 2.32. The molecule has 0 saturated heterocycles. The van der Waals surface area contributed by atoms with Crippen molar-refractivity contribution in [2.24, 2.45) is 5.92 Å². The molecule has 0 spiro atoms. The maximum atomic E-state index is 5.45. The molecule has 1 aromatic carbocycles. The number of hydrogen-bond donors (Lipinski definition) is 1. The summed E-state index contributed by atoms with van der Waals surface area (Å²) in [5.41, 5.74) is 4.55. The molecule has 1 fully saturated rings. The smallest absolute Gasteiger partial charge is 0.118 e. The van der Waals surface area contributed by atoms with E-state index in [2.05, 4.69) is 31.5 Å². The molecule has 0 bridgehead atoms. The Morgan fingerprint density at radius 1 is 1.22 bits per heavy atom. The van der Waals surface area contributed by atoms with E-state index in [0.717, 1.165) is 25.2 Å². The number of rotatable bonds is 6. The van der Waals surface area contributed by atoms with Crippen molar-refractivity contribution in [3.63, 3.8) is 0 Å². The van der Waals surface area contributed by atoms with Crippen molar-refractivity contribution in [3.05, 3.63) is 29.8 Å². The summed E-state index contributed by atoms with van der Waals surface area (Å²) in [6.07, 6.45) is 2.31. The maximum absolute atomic E-state index is 5.45. The highest BCUT2D eigenvalue weighted by molar-refractivity contribution is 5.30. The molecule has 0 unspecified atom stereocenters. The van der Waals surface area contributed by atoms with Gasteiger partial charge in [0.05, 0.1) is 13.7 Å². The van der Waals surface area contributed by atoms with Gasteiger partial charge in [-0.15, -0.1) is 0 Å². The van der Waals surface area contributed by atoms with E-state index >= 15 is 0 Å². The Hall–Kier alpha value is -1.06. The lowest BCUT2D eigenvalue weighted by Gasteiger charge is -2.36. The first-order chi connectivity index (χ1) is 8.69. The molecule has 2 rings (SSSR count). The first kappa shape index (κ1) is 13.4. The minimum absolute atomic E-state index is 0.510. The Morgan fingerprint density at radius 3 is 2.44 bits per heavy atom. The second kappa shape index (κ2) is 6.21. The van der Waals surface area contributed by atoms with Crippen LogP contribution in [0.3, 0.4) is 0 Å². The molecule has 0 heterocycles. The van der Waals surface area contributed by atoms with Crippen LogP contribution < -0.4 is 10.2 Å². The van der Waals surface area contributed by atoms with E-state index in [1.165, 1.54) is 5.56 Å². The van der Waals surface area contributed by atoms with Gasteiger partial charge in [0.15, 0.2) is 0 Å². The summed E-state index contributed by atoms with van der Waals surface area (Å²) in [5, 5.41) is 0. The topological polar surface area (TPSA) is 30.5 Å². The zero-order chi connectivity index (χ0) is 13.0. The fourth-order valence-corrected chi connectivity index (χ4v) is 2.19. The molecule has 1 aliphatic rings. The summed E-state index contributed by atoms with van der Waals surface area (Å²) in [5.74, 6) is 2.17. The highest BCUT2D eigenvalue weighted by atomic mass is 16.6. The van der Waals surface area contributed by atoms with Crippen molar-refractivity contribution in [1.82, 2.24) is 5.48 Å². The van der Waals surface area contributed by atoms with Crippen molar-refractivity contribution >= 4 is 0 Å². The number of methoxy groups -OCH3 is 1. The minimum atomic E-state index is 0.510. The van der Waals surface area contributed by atoms with Crippen LogP contribution in [0.25, 0.3) is 0 Å². The Morgan fingerprint density at radius 2 is 1.89 bits per heavy atom. The van der Waals surface area contributed by atoms with Crippen LogP contribution in [0.5, 0.6) is 5.75 Å². The number of hydrogen-bond acceptors (Lipinski definition) is 3. The highest BCUT2D eigenvalue weighted by Gasteiger charge is 2.30. The fourth-order valence-electron chi connectivity index (χ4n) is 2.19. The predicted octanol–water partition coefficient (Wildman–Crippen LogP) is 3.12. The van der Waals surface area contributed by atoms with Gasteiger partial charge >= 0.3 is 0 Å². The van der Waals surface area contributed by atoms with Crippen molar-refractivity contribution in [2.75, 3.05) is 13.7 Å². The second-order valence-corrected chi connectivity index (χ2v) is 5.46. The van der Waals surface area contributed by atoms with E-state index < -0.39 is 0 Å². The Kier molecular flexibility index (Phi) is 4.61. The van der Waals surface area contributed by atoms with E-state index in [0.29, 0.717) is 17.9 Å². The molecule has 100 valence electrons. The standard InChI is InChI=1S/C15H23NO2/c1-11(2)10-18-16-14-8-13(9-14)12-4-6-15(17-3)7-5-12/h4-7,11,13-14,16H,8-10H2,1-3H3. The van der Waals surface area contributed by atoms with Crippen molar-refractivity contribution in [3.8, 4) is 5.75 Å². The predicted molar refractivity (Wildman–Crippen MR) is 72.7 cm³/mol. The molecule has 0 aliphatic heterocycles. The molecule has 0 atom stereocenters. The van der Waals surface area contributed by atoms with Gasteiger partial charge in [0.25, 0.3) is 0 Å². The summed E-state index contributed by atoms with van der Waals surface area (Å²) in [4.78, 5) is 5.45. The maximum Gasteiger partial charge on any atom is 0.118 e. The van der Waals surface area contributed by atoms with Crippen LogP contribution in [0.4, 0.5) is 0 Å². The lowest BCUT2D eigenvalue weighted by Crippen LogP contribution is -2.40. The normalized spacial score (nSPS) is 22.9. The van der Waals surface area contributed by atoms with E-state index in [1.807, 2.05) is 12.1 Å². The van der Waals surface area contributed by atoms with Crippen LogP contribution >= 0.6 is 0 Å². The summed E-state index contributed by atoms with van der Waals surface area (Å²) in [6.45, 7) is 5.09. The van der Waals surface area contributed by atoms with E-state index in [9.17, 15) is 0 Å². The monoisotopic (exact) mass is 249 g/mol. The molecule has 0 amide bonds. The van der Waals surface area contributed by atoms with E-state index in [4.69, 9.17) is 9.57 Å². The second-order valence-electron chi connectivity index (χ2n) is 5.46. The molecule has 3 heteroatoms. The van der Waals surface area contributed by atoms with Crippen LogP contribution in [0, 0.1) is 5.92 Å². The lowest BCUT2D eigenvalue weighted by molar-refractivity contribution is -0.0212. The van der Waals surface area contributed by atoms with Gasteiger partial charge in [-0.3, -0.25) is 0 Å². The Balaban J connectivity index is 1.71. The number of benzene rings is 1. The lowest BCUT2D eigenvalue weighted by atomic mass is 9.76. The van der Waals surface area contributed by atoms with E-state index in [-0.39, 0.29) is 0 Å². The van der Waals surface area contributed by atoms with Crippen molar-refractivity contribution in [1.29, 1.82) is 0 Å². The average molecular weight is 249 g/mol. The molecule has 0 aromatic heterocycles. The number of nitrogens with one attached hydrogen (secondary N) is 1. The van der Waals surface area contributed by atoms with Gasteiger partial charge in [-0.05, 0) is 42.4 Å². The zero-order valence-electron chi connectivity index (χ0n) is 11.5. The van der Waals surface area contributed by atoms with Crippen LogP contribution in [-0.4, -0.2) is 19.8 Å². The van der Waals surface area contributed by atoms with Crippen molar-refractivity contribution in [2.45, 2.75) is 38.6 Å². The number of hydroxylamine groups is 1. The third kappa shape index (κ3) is 3.47. The van der Waals surface area contributed by atoms with Crippen LogP contribution in [0.15, 0.2) is 24.3 Å². The highest BCUT2D eigenvalue weighted by Crippen LogP contribution is 2.37. The molecule has 1 N–H and O–H groups in total. The first-order valence-electron chi connectivity index (χ1n) is 6.70. The Labute approximate surface area is 109 Å². The third-order valence-corrected chi connectivity index (χ3v) is 3.39. The van der Waals surface area contributed by atoms with Gasteiger partial charge in [0.2, 0.25) is 0 Å². The molecule has 18 heavy (non-hydrogen) atoms. The van der Waals surface area contributed by atoms with Crippen LogP contribution in [0.2, 0.25) is 0 Å². The number of ether oxygens (including phenoxy) is 1. The van der Waals surface area contributed by atoms with Crippen molar-refractivity contribution < 1.29 is 9.57 Å². The molecule has 0 radical (unpaired) electrons.